The highest BCUT2D eigenvalue weighted by Gasteiger charge is 2.32. The number of thiazole rings is 1. The summed E-state index contributed by atoms with van der Waals surface area (Å²) in [7, 11) is 1.57. The van der Waals surface area contributed by atoms with Crippen molar-refractivity contribution in [2.75, 3.05) is 18.6 Å². The van der Waals surface area contributed by atoms with Gasteiger partial charge in [-0.25, -0.2) is 4.98 Å². The molecule has 0 atom stereocenters. The van der Waals surface area contributed by atoms with E-state index in [1.807, 2.05) is 11.4 Å². The van der Waals surface area contributed by atoms with Gasteiger partial charge in [0.25, 0.3) is 0 Å². The van der Waals surface area contributed by atoms with Crippen LogP contribution in [-0.2, 0) is 0 Å². The lowest BCUT2D eigenvalue weighted by Crippen LogP contribution is -2.26. The minimum Gasteiger partial charge on any atom is -0.510 e. The van der Waals surface area contributed by atoms with Gasteiger partial charge in [-0.15, -0.1) is 11.3 Å². The molecule has 29 heavy (non-hydrogen) atoms. The van der Waals surface area contributed by atoms with Gasteiger partial charge >= 0.3 is 0 Å². The van der Waals surface area contributed by atoms with E-state index in [0.717, 1.165) is 11.3 Å². The van der Waals surface area contributed by atoms with E-state index in [1.54, 1.807) is 30.2 Å². The Morgan fingerprint density at radius 3 is 2.69 bits per heavy atom. The Kier molecular flexibility index (Phi) is 5.06. The van der Waals surface area contributed by atoms with Crippen molar-refractivity contribution in [2.24, 2.45) is 0 Å². The molecule has 148 valence electrons. The van der Waals surface area contributed by atoms with Crippen molar-refractivity contribution in [3.8, 4) is 17.0 Å². The van der Waals surface area contributed by atoms with Gasteiger partial charge < -0.3 is 14.7 Å². The second-order valence-corrected chi connectivity index (χ2v) is 8.20. The van der Waals surface area contributed by atoms with Gasteiger partial charge in [-0.05, 0) is 49.2 Å². The lowest BCUT2D eigenvalue weighted by Gasteiger charge is -2.21. The first-order valence-corrected chi connectivity index (χ1v) is 10.3. The Hall–Kier alpha value is -2.83. The molecule has 1 aromatic heterocycles. The first kappa shape index (κ1) is 19.5. The van der Waals surface area contributed by atoms with E-state index in [0.29, 0.717) is 27.0 Å². The minimum absolute atomic E-state index is 0.109. The maximum absolute atomic E-state index is 10.6. The van der Waals surface area contributed by atoms with Gasteiger partial charge in [0.15, 0.2) is 0 Å². The standard InChI is InChI=1S/C22H20ClN3O2S/c1-12-4-5-14(8-13(12)2)16-11-29-22(25-16)20-18(27)10-26(21(20)24)17-9-15(23)6-7-19(17)28-3/h4-9,11,24,27H,10H2,1-3H3. The summed E-state index contributed by atoms with van der Waals surface area (Å²) < 4.78 is 5.41. The number of aliphatic hydroxyl groups is 1. The molecule has 3 aromatic rings. The fourth-order valence-electron chi connectivity index (χ4n) is 3.31. The van der Waals surface area contributed by atoms with Gasteiger partial charge in [-0.1, -0.05) is 23.7 Å². The van der Waals surface area contributed by atoms with E-state index in [9.17, 15) is 5.11 Å². The van der Waals surface area contributed by atoms with Gasteiger partial charge in [0.2, 0.25) is 0 Å². The maximum Gasteiger partial charge on any atom is 0.142 e. The van der Waals surface area contributed by atoms with Gasteiger partial charge in [0.1, 0.15) is 22.4 Å². The second kappa shape index (κ2) is 7.54. The third kappa shape index (κ3) is 3.50. The zero-order valence-corrected chi connectivity index (χ0v) is 17.9. The van der Waals surface area contributed by atoms with Crippen molar-refractivity contribution in [1.82, 2.24) is 4.98 Å². The number of aryl methyl sites for hydroxylation is 2. The smallest absolute Gasteiger partial charge is 0.142 e. The van der Waals surface area contributed by atoms with Crippen LogP contribution < -0.4 is 9.64 Å². The molecular formula is C22H20ClN3O2S. The van der Waals surface area contributed by atoms with E-state index in [-0.39, 0.29) is 18.1 Å². The Morgan fingerprint density at radius 1 is 1.17 bits per heavy atom. The van der Waals surface area contributed by atoms with Crippen LogP contribution in [0.4, 0.5) is 5.69 Å². The molecule has 2 aromatic carbocycles. The Bertz CT molecular complexity index is 1150. The van der Waals surface area contributed by atoms with Crippen molar-refractivity contribution in [2.45, 2.75) is 13.8 Å². The van der Waals surface area contributed by atoms with Crippen LogP contribution in [0.3, 0.4) is 0 Å². The van der Waals surface area contributed by atoms with Crippen molar-refractivity contribution >= 4 is 40.0 Å². The molecule has 5 nitrogen and oxygen atoms in total. The van der Waals surface area contributed by atoms with E-state index < -0.39 is 0 Å². The maximum atomic E-state index is 10.6. The average Bonchev–Trinajstić information content (AvgIpc) is 3.28. The number of benzene rings is 2. The third-order valence-electron chi connectivity index (χ3n) is 5.06. The minimum atomic E-state index is 0.109. The molecule has 1 aliphatic heterocycles. The first-order valence-electron chi connectivity index (χ1n) is 9.04. The van der Waals surface area contributed by atoms with Crippen LogP contribution in [0.5, 0.6) is 5.75 Å². The van der Waals surface area contributed by atoms with Crippen LogP contribution in [-0.4, -0.2) is 29.6 Å². The van der Waals surface area contributed by atoms with Crippen molar-refractivity contribution in [1.29, 1.82) is 5.41 Å². The molecule has 0 bridgehead atoms. The summed E-state index contributed by atoms with van der Waals surface area (Å²) in [6.07, 6.45) is 0. The molecule has 1 aliphatic rings. The quantitative estimate of drug-likeness (QED) is 0.549. The van der Waals surface area contributed by atoms with Gasteiger partial charge in [-0.2, -0.15) is 0 Å². The molecule has 0 saturated carbocycles. The van der Waals surface area contributed by atoms with Crippen LogP contribution in [0.25, 0.3) is 16.8 Å². The van der Waals surface area contributed by atoms with Crippen LogP contribution in [0.2, 0.25) is 5.02 Å². The summed E-state index contributed by atoms with van der Waals surface area (Å²) in [5, 5.41) is 22.4. The highest BCUT2D eigenvalue weighted by Crippen LogP contribution is 2.39. The van der Waals surface area contributed by atoms with E-state index in [1.165, 1.54) is 22.5 Å². The third-order valence-corrected chi connectivity index (χ3v) is 6.15. The highest BCUT2D eigenvalue weighted by atomic mass is 35.5. The van der Waals surface area contributed by atoms with Gasteiger partial charge in [-0.3, -0.25) is 5.41 Å². The predicted octanol–water partition coefficient (Wildman–Crippen LogP) is 5.86. The number of aromatic nitrogens is 1. The predicted molar refractivity (Wildman–Crippen MR) is 120 cm³/mol. The number of anilines is 1. The Morgan fingerprint density at radius 2 is 1.97 bits per heavy atom. The number of nitrogens with one attached hydrogen (secondary N) is 1. The van der Waals surface area contributed by atoms with E-state index in [2.05, 4.69) is 26.0 Å². The summed E-state index contributed by atoms with van der Waals surface area (Å²) in [4.78, 5) is 6.37. The number of aliphatic hydroxyl groups excluding tert-OH is 1. The number of ether oxygens (including phenoxy) is 1. The average molecular weight is 426 g/mol. The van der Waals surface area contributed by atoms with Crippen molar-refractivity contribution in [3.63, 3.8) is 0 Å². The van der Waals surface area contributed by atoms with E-state index >= 15 is 0 Å². The van der Waals surface area contributed by atoms with Crippen LogP contribution >= 0.6 is 22.9 Å². The number of rotatable bonds is 4. The fraction of sp³-hybridized carbons (Fsp3) is 0.182. The van der Waals surface area contributed by atoms with Crippen LogP contribution in [0, 0.1) is 19.3 Å². The van der Waals surface area contributed by atoms with Crippen molar-refractivity contribution < 1.29 is 9.84 Å². The summed E-state index contributed by atoms with van der Waals surface area (Å²) in [5.41, 5.74) is 5.36. The molecule has 2 heterocycles. The Balaban J connectivity index is 1.67. The number of methoxy groups -OCH3 is 1. The summed E-state index contributed by atoms with van der Waals surface area (Å²) in [6.45, 7) is 4.32. The number of amidine groups is 1. The molecule has 0 radical (unpaired) electrons. The molecule has 0 amide bonds. The number of hydrogen-bond donors (Lipinski definition) is 2. The lowest BCUT2D eigenvalue weighted by molar-refractivity contribution is 0.407. The zero-order chi connectivity index (χ0) is 20.7. The van der Waals surface area contributed by atoms with Crippen molar-refractivity contribution in [3.05, 3.63) is 68.7 Å². The lowest BCUT2D eigenvalue weighted by atomic mass is 10.1. The molecule has 7 heteroatoms. The first-order chi connectivity index (χ1) is 13.9. The summed E-state index contributed by atoms with van der Waals surface area (Å²) in [6, 6.07) is 11.4. The molecule has 0 aliphatic carbocycles. The van der Waals surface area contributed by atoms with E-state index in [4.69, 9.17) is 26.7 Å². The normalized spacial score (nSPS) is 14.1. The monoisotopic (exact) mass is 425 g/mol. The van der Waals surface area contributed by atoms with Crippen LogP contribution in [0.15, 0.2) is 47.5 Å². The number of nitrogens with zero attached hydrogens (tertiary/aromatic N) is 2. The SMILES string of the molecule is COc1ccc(Cl)cc1N1CC(O)=C(c2nc(-c3ccc(C)c(C)c3)cs2)C1=N. The molecular weight excluding hydrogens is 406 g/mol. The molecule has 4 rings (SSSR count). The van der Waals surface area contributed by atoms with Crippen LogP contribution in [0.1, 0.15) is 16.1 Å². The second-order valence-electron chi connectivity index (χ2n) is 6.91. The molecule has 0 saturated heterocycles. The highest BCUT2D eigenvalue weighted by molar-refractivity contribution is 7.11. The number of halogens is 1. The van der Waals surface area contributed by atoms with Gasteiger partial charge in [0.05, 0.1) is 30.6 Å². The largest absolute Gasteiger partial charge is 0.510 e. The molecule has 2 N–H and O–H groups in total. The van der Waals surface area contributed by atoms with Gasteiger partial charge in [0, 0.05) is 16.0 Å². The zero-order valence-electron chi connectivity index (χ0n) is 16.3. The summed E-state index contributed by atoms with van der Waals surface area (Å²) >= 11 is 7.56. The molecule has 0 fully saturated rings. The summed E-state index contributed by atoms with van der Waals surface area (Å²) in [5.74, 6) is 0.866. The Labute approximate surface area is 178 Å². The topological polar surface area (TPSA) is 69.4 Å². The molecule has 0 unspecified atom stereocenters. The number of hydrogen-bond acceptors (Lipinski definition) is 5. The fourth-order valence-corrected chi connectivity index (χ4v) is 4.37. The molecule has 0 spiro atoms.